The van der Waals surface area contributed by atoms with Crippen LogP contribution in [-0.4, -0.2) is 34.7 Å². The van der Waals surface area contributed by atoms with Gasteiger partial charge in [0, 0.05) is 24.7 Å². The molecule has 0 saturated heterocycles. The number of ketones is 1. The highest BCUT2D eigenvalue weighted by atomic mass is 16.5. The topological polar surface area (TPSA) is 83.8 Å². The molecule has 0 heterocycles. The van der Waals surface area contributed by atoms with Crippen molar-refractivity contribution in [1.29, 1.82) is 0 Å². The molecule has 3 atom stereocenters. The minimum atomic E-state index is -0.844. The fourth-order valence-electron chi connectivity index (χ4n) is 3.10. The van der Waals surface area contributed by atoms with Crippen molar-refractivity contribution in [3.05, 3.63) is 60.4 Å². The molecule has 1 aliphatic rings. The first-order valence-corrected chi connectivity index (χ1v) is 9.24. The third-order valence-corrected chi connectivity index (χ3v) is 4.50. The Morgan fingerprint density at radius 3 is 2.74 bits per heavy atom. The molecule has 1 aromatic carbocycles. The van der Waals surface area contributed by atoms with Crippen LogP contribution < -0.4 is 4.74 Å². The maximum atomic E-state index is 12.1. The summed E-state index contributed by atoms with van der Waals surface area (Å²) in [7, 11) is 0. The Hall–Kier alpha value is -2.62. The first kappa shape index (κ1) is 20.7. The molecule has 5 heteroatoms. The van der Waals surface area contributed by atoms with E-state index in [1.165, 1.54) is 0 Å². The van der Waals surface area contributed by atoms with E-state index in [0.717, 1.165) is 5.75 Å². The Bertz CT molecular complexity index is 701. The SMILES string of the molecule is O=C(O)CCC=C=CC[C@H]1C(=O)C[C@@H](O)[C@@H]1/C=C/CCOc1ccccc1. The fraction of sp³-hybridized carbons (Fsp3) is 0.409. The number of allylic oxidation sites excluding steroid dienone is 1. The minimum absolute atomic E-state index is 0.0567. The van der Waals surface area contributed by atoms with Crippen molar-refractivity contribution in [3.8, 4) is 5.75 Å². The lowest BCUT2D eigenvalue weighted by atomic mass is 9.90. The van der Waals surface area contributed by atoms with E-state index in [-0.39, 0.29) is 30.5 Å². The third-order valence-electron chi connectivity index (χ3n) is 4.50. The second-order valence-electron chi connectivity index (χ2n) is 6.54. The number of rotatable bonds is 10. The summed E-state index contributed by atoms with van der Waals surface area (Å²) in [4.78, 5) is 22.6. The molecule has 0 unspecified atom stereocenters. The lowest BCUT2D eigenvalue weighted by Gasteiger charge is -2.15. The summed E-state index contributed by atoms with van der Waals surface area (Å²) in [6, 6.07) is 9.56. The number of para-hydroxylation sites is 1. The first-order valence-electron chi connectivity index (χ1n) is 9.24. The smallest absolute Gasteiger partial charge is 0.303 e. The predicted molar refractivity (Wildman–Crippen MR) is 102 cm³/mol. The molecule has 0 spiro atoms. The Kier molecular flexibility index (Phi) is 8.56. The van der Waals surface area contributed by atoms with E-state index < -0.39 is 12.1 Å². The van der Waals surface area contributed by atoms with Gasteiger partial charge in [0.2, 0.25) is 0 Å². The molecule has 2 N–H and O–H groups in total. The van der Waals surface area contributed by atoms with E-state index >= 15 is 0 Å². The van der Waals surface area contributed by atoms with Crippen LogP contribution in [0.5, 0.6) is 5.75 Å². The van der Waals surface area contributed by atoms with Crippen molar-refractivity contribution >= 4 is 11.8 Å². The summed E-state index contributed by atoms with van der Waals surface area (Å²) in [5.41, 5.74) is 2.93. The first-order chi connectivity index (χ1) is 13.1. The summed E-state index contributed by atoms with van der Waals surface area (Å²) >= 11 is 0. The molecule has 1 fully saturated rings. The van der Waals surface area contributed by atoms with Crippen LogP contribution in [0.2, 0.25) is 0 Å². The average molecular weight is 370 g/mol. The second kappa shape index (κ2) is 11.2. The molecular weight excluding hydrogens is 344 g/mol. The zero-order valence-electron chi connectivity index (χ0n) is 15.3. The van der Waals surface area contributed by atoms with E-state index in [1.807, 2.05) is 42.5 Å². The van der Waals surface area contributed by atoms with E-state index in [2.05, 4.69) is 5.73 Å². The Balaban J connectivity index is 1.80. The summed E-state index contributed by atoms with van der Waals surface area (Å²) < 4.78 is 5.62. The van der Waals surface area contributed by atoms with E-state index in [4.69, 9.17) is 9.84 Å². The molecule has 1 aromatic rings. The van der Waals surface area contributed by atoms with Crippen molar-refractivity contribution < 1.29 is 24.5 Å². The van der Waals surface area contributed by atoms with Crippen molar-refractivity contribution in [3.63, 3.8) is 0 Å². The van der Waals surface area contributed by atoms with Gasteiger partial charge in [-0.15, -0.1) is 5.73 Å². The molecule has 27 heavy (non-hydrogen) atoms. The number of aliphatic hydroxyl groups is 1. The molecule has 5 nitrogen and oxygen atoms in total. The number of benzene rings is 1. The molecule has 0 aliphatic heterocycles. The van der Waals surface area contributed by atoms with Crippen molar-refractivity contribution in [2.45, 2.75) is 38.2 Å². The van der Waals surface area contributed by atoms with Crippen molar-refractivity contribution in [1.82, 2.24) is 0 Å². The molecule has 0 bridgehead atoms. The van der Waals surface area contributed by atoms with Crippen LogP contribution in [-0.2, 0) is 9.59 Å². The number of carbonyl (C=O) groups excluding carboxylic acids is 1. The standard InChI is InChI=1S/C22H26O5/c23-20-16-21(24)19(18(20)12-6-1-2-7-14-22(25)26)13-8-9-15-27-17-10-4-3-5-11-17/h2-6,8,10-11,13,18-19,21,24H,7,9,12,14-16H2,(H,25,26)/b13-8+/t1?,18-,19-,21-/m1/s1. The van der Waals surface area contributed by atoms with Gasteiger partial charge < -0.3 is 14.9 Å². The number of hydrogen-bond acceptors (Lipinski definition) is 4. The van der Waals surface area contributed by atoms with Gasteiger partial charge in [-0.3, -0.25) is 9.59 Å². The number of Topliss-reactive ketones (excluding diaryl/α,β-unsaturated/α-hetero) is 1. The summed E-state index contributed by atoms with van der Waals surface area (Å²) in [6.07, 6.45) is 8.48. The minimum Gasteiger partial charge on any atom is -0.493 e. The molecule has 1 aliphatic carbocycles. The van der Waals surface area contributed by atoms with Crippen molar-refractivity contribution in [2.24, 2.45) is 11.8 Å². The summed E-state index contributed by atoms with van der Waals surface area (Å²) in [5, 5.41) is 18.7. The summed E-state index contributed by atoms with van der Waals surface area (Å²) in [6.45, 7) is 0.536. The Morgan fingerprint density at radius 2 is 2.00 bits per heavy atom. The van der Waals surface area contributed by atoms with Gasteiger partial charge in [-0.25, -0.2) is 0 Å². The Labute approximate surface area is 159 Å². The average Bonchev–Trinajstić information content (AvgIpc) is 2.91. The number of aliphatic hydroxyl groups excluding tert-OH is 1. The van der Waals surface area contributed by atoms with Gasteiger partial charge in [-0.05, 0) is 43.5 Å². The van der Waals surface area contributed by atoms with Crippen LogP contribution in [0.4, 0.5) is 0 Å². The van der Waals surface area contributed by atoms with Gasteiger partial charge >= 0.3 is 5.97 Å². The van der Waals surface area contributed by atoms with Gasteiger partial charge in [0.1, 0.15) is 11.5 Å². The number of ether oxygens (including phenoxy) is 1. The van der Waals surface area contributed by atoms with Gasteiger partial charge in [-0.2, -0.15) is 0 Å². The highest BCUT2D eigenvalue weighted by molar-refractivity contribution is 5.84. The number of hydrogen-bond donors (Lipinski definition) is 2. The zero-order valence-corrected chi connectivity index (χ0v) is 15.3. The quantitative estimate of drug-likeness (QED) is 0.374. The number of aliphatic carboxylic acids is 1. The second-order valence-corrected chi connectivity index (χ2v) is 6.54. The predicted octanol–water partition coefficient (Wildman–Crippen LogP) is 3.54. The molecule has 0 radical (unpaired) electrons. The molecule has 0 aromatic heterocycles. The molecule has 1 saturated carbocycles. The van der Waals surface area contributed by atoms with Gasteiger partial charge in [0.25, 0.3) is 0 Å². The zero-order chi connectivity index (χ0) is 19.5. The molecule has 144 valence electrons. The van der Waals surface area contributed by atoms with Crippen LogP contribution in [0.15, 0.2) is 60.4 Å². The van der Waals surface area contributed by atoms with E-state index in [1.54, 1.807) is 12.2 Å². The van der Waals surface area contributed by atoms with Crippen LogP contribution in [0.1, 0.15) is 32.1 Å². The largest absolute Gasteiger partial charge is 0.493 e. The highest BCUT2D eigenvalue weighted by Crippen LogP contribution is 2.33. The fourth-order valence-corrected chi connectivity index (χ4v) is 3.10. The maximum Gasteiger partial charge on any atom is 0.303 e. The molecular formula is C22H26O5. The maximum absolute atomic E-state index is 12.1. The van der Waals surface area contributed by atoms with E-state index in [9.17, 15) is 14.7 Å². The Morgan fingerprint density at radius 1 is 1.22 bits per heavy atom. The van der Waals surface area contributed by atoms with Crippen LogP contribution >= 0.6 is 0 Å². The normalized spacial score (nSPS) is 21.8. The molecule has 2 rings (SSSR count). The third kappa shape index (κ3) is 7.26. The van der Waals surface area contributed by atoms with Crippen LogP contribution in [0.25, 0.3) is 0 Å². The molecule has 0 amide bonds. The number of carbonyl (C=O) groups is 2. The summed E-state index contributed by atoms with van der Waals surface area (Å²) in [5.74, 6) is -0.428. The van der Waals surface area contributed by atoms with Gasteiger partial charge in [-0.1, -0.05) is 30.4 Å². The van der Waals surface area contributed by atoms with Gasteiger partial charge in [0.15, 0.2) is 0 Å². The van der Waals surface area contributed by atoms with Crippen LogP contribution in [0.3, 0.4) is 0 Å². The lowest BCUT2D eigenvalue weighted by molar-refractivity contribution is -0.136. The van der Waals surface area contributed by atoms with Crippen LogP contribution in [0, 0.1) is 11.8 Å². The van der Waals surface area contributed by atoms with Gasteiger partial charge in [0.05, 0.1) is 12.7 Å². The van der Waals surface area contributed by atoms with Crippen molar-refractivity contribution in [2.75, 3.05) is 6.61 Å². The number of carboxylic acids is 1. The number of carboxylic acid groups (broad SMARTS) is 1. The lowest BCUT2D eigenvalue weighted by Crippen LogP contribution is -2.18. The monoisotopic (exact) mass is 370 g/mol. The van der Waals surface area contributed by atoms with E-state index in [0.29, 0.717) is 25.9 Å². The highest BCUT2D eigenvalue weighted by Gasteiger charge is 2.38.